The normalized spacial score (nSPS) is 10.7. The summed E-state index contributed by atoms with van der Waals surface area (Å²) in [6.07, 6.45) is 0. The maximum Gasteiger partial charge on any atom is 0.123 e. The molecule has 2 rings (SSSR count). The van der Waals surface area contributed by atoms with Crippen LogP contribution in [0.2, 0.25) is 0 Å². The molecule has 0 bridgehead atoms. The van der Waals surface area contributed by atoms with Gasteiger partial charge in [-0.05, 0) is 41.0 Å². The Morgan fingerprint density at radius 1 is 1.00 bits per heavy atom. The summed E-state index contributed by atoms with van der Waals surface area (Å²) in [7, 11) is 0. The summed E-state index contributed by atoms with van der Waals surface area (Å²) in [5.41, 5.74) is 8.17. The highest BCUT2D eigenvalue weighted by atomic mass is 79.9. The van der Waals surface area contributed by atoms with E-state index in [9.17, 15) is 4.39 Å². The summed E-state index contributed by atoms with van der Waals surface area (Å²) in [4.78, 5) is 0. The van der Waals surface area contributed by atoms with Crippen LogP contribution < -0.4 is 5.73 Å². The maximum atomic E-state index is 13.3. The fraction of sp³-hybridized carbons (Fsp3) is 0.200. The third-order valence-electron chi connectivity index (χ3n) is 2.68. The summed E-state index contributed by atoms with van der Waals surface area (Å²) < 4.78 is 19.9. The second kappa shape index (κ2) is 6.80. The van der Waals surface area contributed by atoms with E-state index in [0.29, 0.717) is 19.8 Å². The Hall–Kier alpha value is -1.23. The summed E-state index contributed by atoms with van der Waals surface area (Å²) in [5.74, 6) is -0.274. The Kier molecular flexibility index (Phi) is 5.07. The zero-order chi connectivity index (χ0) is 13.7. The SMILES string of the molecule is NCc1cc(F)cc(COCc2cccc(Br)c2)c1. The Morgan fingerprint density at radius 3 is 2.47 bits per heavy atom. The number of nitrogens with two attached hydrogens (primary N) is 1. The molecule has 0 fully saturated rings. The van der Waals surface area contributed by atoms with E-state index in [-0.39, 0.29) is 5.82 Å². The largest absolute Gasteiger partial charge is 0.372 e. The molecule has 0 amide bonds. The fourth-order valence-electron chi connectivity index (χ4n) is 1.83. The molecule has 2 nitrogen and oxygen atoms in total. The molecule has 0 spiro atoms. The van der Waals surface area contributed by atoms with Gasteiger partial charge in [-0.1, -0.05) is 34.1 Å². The molecule has 2 aromatic carbocycles. The fourth-order valence-corrected chi connectivity index (χ4v) is 2.28. The molecule has 0 radical (unpaired) electrons. The summed E-state index contributed by atoms with van der Waals surface area (Å²) in [6, 6.07) is 12.7. The first-order valence-electron chi connectivity index (χ1n) is 5.98. The van der Waals surface area contributed by atoms with E-state index in [1.54, 1.807) is 0 Å². The molecule has 0 heterocycles. The van der Waals surface area contributed by atoms with Gasteiger partial charge in [0.15, 0.2) is 0 Å². The number of halogens is 2. The second-order valence-corrected chi connectivity index (χ2v) is 5.21. The van der Waals surface area contributed by atoms with Crippen molar-refractivity contribution in [3.8, 4) is 0 Å². The molecule has 0 aromatic heterocycles. The number of rotatable bonds is 5. The maximum absolute atomic E-state index is 13.3. The van der Waals surface area contributed by atoms with Crippen LogP contribution >= 0.6 is 15.9 Å². The topological polar surface area (TPSA) is 35.2 Å². The Labute approximate surface area is 120 Å². The van der Waals surface area contributed by atoms with Crippen molar-refractivity contribution in [1.82, 2.24) is 0 Å². The van der Waals surface area contributed by atoms with E-state index >= 15 is 0 Å². The van der Waals surface area contributed by atoms with E-state index in [0.717, 1.165) is 21.2 Å². The van der Waals surface area contributed by atoms with Crippen LogP contribution in [0.5, 0.6) is 0 Å². The smallest absolute Gasteiger partial charge is 0.123 e. The Morgan fingerprint density at radius 2 is 1.74 bits per heavy atom. The highest BCUT2D eigenvalue weighted by Crippen LogP contribution is 2.14. The molecule has 0 aliphatic rings. The molecule has 0 unspecified atom stereocenters. The van der Waals surface area contributed by atoms with Crippen molar-refractivity contribution in [3.63, 3.8) is 0 Å². The van der Waals surface area contributed by atoms with E-state index in [4.69, 9.17) is 10.5 Å². The highest BCUT2D eigenvalue weighted by molar-refractivity contribution is 9.10. The Balaban J connectivity index is 1.94. The second-order valence-electron chi connectivity index (χ2n) is 4.29. The third kappa shape index (κ3) is 4.42. The van der Waals surface area contributed by atoms with Crippen molar-refractivity contribution < 1.29 is 9.13 Å². The minimum Gasteiger partial charge on any atom is -0.372 e. The zero-order valence-electron chi connectivity index (χ0n) is 10.4. The number of ether oxygens (including phenoxy) is 1. The van der Waals surface area contributed by atoms with Crippen molar-refractivity contribution in [2.75, 3.05) is 0 Å². The molecule has 0 saturated carbocycles. The van der Waals surface area contributed by atoms with Gasteiger partial charge in [0.1, 0.15) is 5.82 Å². The lowest BCUT2D eigenvalue weighted by atomic mass is 10.1. The molecular formula is C15H15BrFNO. The van der Waals surface area contributed by atoms with Crippen LogP contribution in [-0.4, -0.2) is 0 Å². The van der Waals surface area contributed by atoms with Crippen LogP contribution in [0.4, 0.5) is 4.39 Å². The van der Waals surface area contributed by atoms with Crippen molar-refractivity contribution >= 4 is 15.9 Å². The number of hydrogen-bond donors (Lipinski definition) is 1. The molecule has 4 heteroatoms. The minimum atomic E-state index is -0.274. The molecule has 0 aliphatic carbocycles. The molecule has 100 valence electrons. The van der Waals surface area contributed by atoms with Crippen LogP contribution in [0.15, 0.2) is 46.9 Å². The highest BCUT2D eigenvalue weighted by Gasteiger charge is 2.01. The lowest BCUT2D eigenvalue weighted by Gasteiger charge is -2.07. The summed E-state index contributed by atoms with van der Waals surface area (Å²) in [5, 5.41) is 0. The average molecular weight is 324 g/mol. The van der Waals surface area contributed by atoms with Crippen molar-refractivity contribution in [3.05, 3.63) is 69.4 Å². The van der Waals surface area contributed by atoms with Crippen LogP contribution in [0.3, 0.4) is 0 Å². The van der Waals surface area contributed by atoms with Crippen LogP contribution in [0.25, 0.3) is 0 Å². The first kappa shape index (κ1) is 14.2. The number of benzene rings is 2. The van der Waals surface area contributed by atoms with Crippen LogP contribution in [0, 0.1) is 5.82 Å². The van der Waals surface area contributed by atoms with Gasteiger partial charge in [0.25, 0.3) is 0 Å². The van der Waals surface area contributed by atoms with Gasteiger partial charge in [-0.2, -0.15) is 0 Å². The van der Waals surface area contributed by atoms with Gasteiger partial charge in [0, 0.05) is 11.0 Å². The van der Waals surface area contributed by atoms with Crippen molar-refractivity contribution in [1.29, 1.82) is 0 Å². The van der Waals surface area contributed by atoms with Gasteiger partial charge >= 0.3 is 0 Å². The number of hydrogen-bond acceptors (Lipinski definition) is 2. The standard InChI is InChI=1S/C15H15BrFNO/c16-14-3-1-2-11(5-14)9-19-10-13-4-12(8-18)6-15(17)7-13/h1-7H,8-10,18H2. The molecule has 2 N–H and O–H groups in total. The van der Waals surface area contributed by atoms with Gasteiger partial charge in [-0.3, -0.25) is 0 Å². The molecular weight excluding hydrogens is 309 g/mol. The van der Waals surface area contributed by atoms with Gasteiger partial charge < -0.3 is 10.5 Å². The Bertz CT molecular complexity index is 560. The van der Waals surface area contributed by atoms with Crippen molar-refractivity contribution in [2.45, 2.75) is 19.8 Å². The van der Waals surface area contributed by atoms with E-state index in [2.05, 4.69) is 15.9 Å². The quantitative estimate of drug-likeness (QED) is 0.909. The zero-order valence-corrected chi connectivity index (χ0v) is 12.0. The molecule has 19 heavy (non-hydrogen) atoms. The monoisotopic (exact) mass is 323 g/mol. The lowest BCUT2D eigenvalue weighted by molar-refractivity contribution is 0.107. The molecule has 0 atom stereocenters. The average Bonchev–Trinajstić information content (AvgIpc) is 2.38. The van der Waals surface area contributed by atoms with E-state index < -0.39 is 0 Å². The first-order valence-corrected chi connectivity index (χ1v) is 6.77. The van der Waals surface area contributed by atoms with Crippen molar-refractivity contribution in [2.24, 2.45) is 5.73 Å². The predicted molar refractivity (Wildman–Crippen MR) is 76.9 cm³/mol. The first-order chi connectivity index (χ1) is 9.17. The summed E-state index contributed by atoms with van der Waals surface area (Å²) >= 11 is 3.41. The van der Waals surface area contributed by atoms with Crippen LogP contribution in [0.1, 0.15) is 16.7 Å². The molecule has 0 saturated heterocycles. The summed E-state index contributed by atoms with van der Waals surface area (Å²) in [6.45, 7) is 1.20. The van der Waals surface area contributed by atoms with Crippen LogP contribution in [-0.2, 0) is 24.5 Å². The van der Waals surface area contributed by atoms with Gasteiger partial charge in [-0.25, -0.2) is 4.39 Å². The molecule has 2 aromatic rings. The predicted octanol–water partition coefficient (Wildman–Crippen LogP) is 3.76. The molecule has 0 aliphatic heterocycles. The van der Waals surface area contributed by atoms with E-state index in [1.807, 2.05) is 30.3 Å². The van der Waals surface area contributed by atoms with Gasteiger partial charge in [0.05, 0.1) is 13.2 Å². The minimum absolute atomic E-state index is 0.274. The lowest BCUT2D eigenvalue weighted by Crippen LogP contribution is -2.00. The van der Waals surface area contributed by atoms with Gasteiger partial charge in [-0.15, -0.1) is 0 Å². The van der Waals surface area contributed by atoms with Gasteiger partial charge in [0.2, 0.25) is 0 Å². The third-order valence-corrected chi connectivity index (χ3v) is 3.17. The van der Waals surface area contributed by atoms with E-state index in [1.165, 1.54) is 12.1 Å².